The summed E-state index contributed by atoms with van der Waals surface area (Å²) in [4.78, 5) is 12.6. The van der Waals surface area contributed by atoms with E-state index >= 15 is 0 Å². The third-order valence-electron chi connectivity index (χ3n) is 4.53. The van der Waals surface area contributed by atoms with E-state index in [-0.39, 0.29) is 29.0 Å². The number of alkyl halides is 3. The zero-order valence-corrected chi connectivity index (χ0v) is 16.6. The normalized spacial score (nSPS) is 17.8. The Bertz CT molecular complexity index is 518. The molecule has 0 aromatic carbocycles. The summed E-state index contributed by atoms with van der Waals surface area (Å²) in [5.41, 5.74) is -5.40. The fourth-order valence-electron chi connectivity index (χ4n) is 3.05. The molecule has 0 unspecified atom stereocenters. The first-order valence-electron chi connectivity index (χ1n) is 8.91. The molecule has 0 aromatic heterocycles. The molecule has 0 saturated heterocycles. The summed E-state index contributed by atoms with van der Waals surface area (Å²) in [6.07, 6.45) is 5.99. The monoisotopic (exact) mass is 407 g/mol. The standard InChI is InChI=1S/C16H29F3O4S2/c1-3-5-11-24(12-6-4-2,23-25(21,22)16(17,18)19)13-15(20)14-9-7-8-10-14/h14H,3-13H2,1-2H3/p+1. The Kier molecular flexibility index (Phi) is 8.74. The lowest BCUT2D eigenvalue weighted by Crippen LogP contribution is -2.35. The highest BCUT2D eigenvalue weighted by Crippen LogP contribution is 2.52. The molecule has 4 nitrogen and oxygen atoms in total. The van der Waals surface area contributed by atoms with E-state index in [0.717, 1.165) is 38.5 Å². The van der Waals surface area contributed by atoms with E-state index in [0.29, 0.717) is 12.8 Å². The molecule has 0 aromatic rings. The number of halogens is 3. The number of ketones is 1. The van der Waals surface area contributed by atoms with Crippen molar-refractivity contribution in [3.8, 4) is 0 Å². The maximum atomic E-state index is 12.9. The molecule has 0 heterocycles. The Hall–Kier alpha value is -0.280. The van der Waals surface area contributed by atoms with Crippen LogP contribution in [0.15, 0.2) is 0 Å². The second-order valence-corrected chi connectivity index (χ2v) is 11.8. The fraction of sp³-hybridized carbons (Fsp3) is 0.938. The second-order valence-electron chi connectivity index (χ2n) is 6.70. The highest BCUT2D eigenvalue weighted by atomic mass is 32.3. The average Bonchev–Trinajstić information content (AvgIpc) is 3.04. The Morgan fingerprint density at radius 1 is 1.04 bits per heavy atom. The summed E-state index contributed by atoms with van der Waals surface area (Å²) >= 11 is 0. The largest absolute Gasteiger partial charge is 0.572 e. The third kappa shape index (κ3) is 6.75. The van der Waals surface area contributed by atoms with Crippen LogP contribution in [0, 0.1) is 5.92 Å². The number of hydrogen-bond donors (Lipinski definition) is 0. The highest BCUT2D eigenvalue weighted by molar-refractivity contribution is 8.32. The number of unbranched alkanes of at least 4 members (excludes halogenated alkanes) is 2. The van der Waals surface area contributed by atoms with Crippen LogP contribution in [0.1, 0.15) is 65.2 Å². The SMILES string of the molecule is CCCCS(CCCC)(CC(=O)C1CCCC1)[OH+]S(=O)(=O)C(F)(F)F. The number of hydrogen-bond acceptors (Lipinski definition) is 3. The molecule has 1 rings (SSSR count). The van der Waals surface area contributed by atoms with E-state index in [4.69, 9.17) is 0 Å². The van der Waals surface area contributed by atoms with Crippen LogP contribution in [0.5, 0.6) is 0 Å². The summed E-state index contributed by atoms with van der Waals surface area (Å²) in [6, 6.07) is 0. The smallest absolute Gasteiger partial charge is 0.298 e. The molecule has 0 amide bonds. The molecular weight excluding hydrogens is 377 g/mol. The zero-order valence-electron chi connectivity index (χ0n) is 15.0. The van der Waals surface area contributed by atoms with Crippen LogP contribution in [-0.4, -0.2) is 40.6 Å². The van der Waals surface area contributed by atoms with Crippen LogP contribution in [0.2, 0.25) is 0 Å². The number of rotatable bonds is 11. The van der Waals surface area contributed by atoms with Crippen LogP contribution in [-0.2, 0) is 14.9 Å². The van der Waals surface area contributed by atoms with E-state index < -0.39 is 25.9 Å². The van der Waals surface area contributed by atoms with Gasteiger partial charge in [-0.05, 0) is 36.0 Å². The molecule has 9 heteroatoms. The van der Waals surface area contributed by atoms with Crippen LogP contribution >= 0.6 is 10.3 Å². The van der Waals surface area contributed by atoms with Crippen molar-refractivity contribution in [2.45, 2.75) is 70.7 Å². The van der Waals surface area contributed by atoms with Gasteiger partial charge in [-0.3, -0.25) is 8.42 Å². The first-order chi connectivity index (χ1) is 11.6. The van der Waals surface area contributed by atoms with Gasteiger partial charge in [0.25, 0.3) is 0 Å². The Morgan fingerprint density at radius 2 is 1.52 bits per heavy atom. The van der Waals surface area contributed by atoms with Crippen molar-refractivity contribution >= 4 is 26.2 Å². The minimum absolute atomic E-state index is 0.0965. The van der Waals surface area contributed by atoms with Gasteiger partial charge in [0.1, 0.15) is 0 Å². The van der Waals surface area contributed by atoms with Crippen molar-refractivity contribution in [1.82, 2.24) is 0 Å². The van der Waals surface area contributed by atoms with E-state index in [1.165, 1.54) is 0 Å². The van der Waals surface area contributed by atoms with Crippen LogP contribution in [0.4, 0.5) is 13.2 Å². The van der Waals surface area contributed by atoms with Crippen LogP contribution < -0.4 is 0 Å². The van der Waals surface area contributed by atoms with Crippen LogP contribution in [0.3, 0.4) is 0 Å². The molecule has 0 atom stereocenters. The lowest BCUT2D eigenvalue weighted by molar-refractivity contribution is -0.120. The summed E-state index contributed by atoms with van der Waals surface area (Å²) in [6.45, 7) is 3.78. The van der Waals surface area contributed by atoms with E-state index in [1.807, 2.05) is 13.8 Å². The Labute approximate surface area is 150 Å². The van der Waals surface area contributed by atoms with Gasteiger partial charge in [0.15, 0.2) is 5.78 Å². The van der Waals surface area contributed by atoms with Gasteiger partial charge in [-0.25, -0.2) is 0 Å². The number of carbonyl (C=O) groups excluding carboxylic acids is 1. The maximum Gasteiger partial charge on any atom is 0.572 e. The Balaban J connectivity index is 3.08. The fourth-order valence-corrected chi connectivity index (χ4v) is 8.77. The maximum absolute atomic E-state index is 12.9. The molecule has 1 saturated carbocycles. The molecule has 150 valence electrons. The minimum Gasteiger partial charge on any atom is -0.298 e. The molecule has 25 heavy (non-hydrogen) atoms. The topological polar surface area (TPSA) is 64.0 Å². The van der Waals surface area contributed by atoms with Gasteiger partial charge in [0, 0.05) is 17.4 Å². The minimum atomic E-state index is -5.58. The first-order valence-corrected chi connectivity index (χ1v) is 12.4. The van der Waals surface area contributed by atoms with Crippen molar-refractivity contribution in [3.05, 3.63) is 0 Å². The zero-order chi connectivity index (χ0) is 19.1. The van der Waals surface area contributed by atoms with Crippen LogP contribution in [0.25, 0.3) is 0 Å². The van der Waals surface area contributed by atoms with Gasteiger partial charge in [0.2, 0.25) is 0 Å². The van der Waals surface area contributed by atoms with Gasteiger partial charge in [-0.2, -0.15) is 13.2 Å². The quantitative estimate of drug-likeness (QED) is 0.275. The van der Waals surface area contributed by atoms with Gasteiger partial charge in [-0.15, -0.1) is 8.42 Å². The number of Topliss-reactive ketones (excluding diaryl/α,β-unsaturated/α-hetero) is 1. The van der Waals surface area contributed by atoms with Gasteiger partial charge in [0.05, 0.1) is 5.75 Å². The molecule has 0 bridgehead atoms. The second kappa shape index (κ2) is 9.60. The number of carbonyl (C=O) groups is 1. The van der Waals surface area contributed by atoms with E-state index in [9.17, 15) is 26.4 Å². The average molecular weight is 408 g/mol. The van der Waals surface area contributed by atoms with Crippen molar-refractivity contribution in [1.29, 1.82) is 0 Å². The summed E-state index contributed by atoms with van der Waals surface area (Å²) in [5, 5.41) is 0. The van der Waals surface area contributed by atoms with Crippen molar-refractivity contribution < 1.29 is 30.0 Å². The summed E-state index contributed by atoms with van der Waals surface area (Å²) in [7, 11) is -8.11. The molecule has 0 spiro atoms. The molecule has 1 N–H and O–H groups in total. The molecule has 1 aliphatic carbocycles. The molecule has 0 radical (unpaired) electrons. The lowest BCUT2D eigenvalue weighted by Gasteiger charge is -2.34. The predicted octanol–water partition coefficient (Wildman–Crippen LogP) is 5.01. The highest BCUT2D eigenvalue weighted by Gasteiger charge is 2.56. The summed E-state index contributed by atoms with van der Waals surface area (Å²) < 4.78 is 65.5. The van der Waals surface area contributed by atoms with E-state index in [1.54, 1.807) is 0 Å². The first kappa shape index (κ1) is 22.8. The van der Waals surface area contributed by atoms with Gasteiger partial charge in [-0.1, -0.05) is 39.5 Å². The molecule has 1 aliphatic rings. The van der Waals surface area contributed by atoms with Crippen molar-refractivity contribution in [3.63, 3.8) is 0 Å². The molecule has 1 fully saturated rings. The summed E-state index contributed by atoms with van der Waals surface area (Å²) in [5.74, 6) is 0.196. The van der Waals surface area contributed by atoms with Crippen molar-refractivity contribution in [2.75, 3.05) is 17.3 Å². The Morgan fingerprint density at radius 3 is 1.92 bits per heavy atom. The molecular formula is C16H30F3O4S2+. The van der Waals surface area contributed by atoms with Gasteiger partial charge >= 0.3 is 15.6 Å². The van der Waals surface area contributed by atoms with Crippen molar-refractivity contribution in [2.24, 2.45) is 5.92 Å². The van der Waals surface area contributed by atoms with Gasteiger partial charge < -0.3 is 0 Å². The molecule has 0 aliphatic heterocycles. The van der Waals surface area contributed by atoms with E-state index in [2.05, 4.69) is 3.63 Å². The predicted molar refractivity (Wildman–Crippen MR) is 96.6 cm³/mol. The lowest BCUT2D eigenvalue weighted by atomic mass is 10.0. The third-order valence-corrected chi connectivity index (χ3v) is 10.1.